The molecule has 3 saturated heterocycles. The van der Waals surface area contributed by atoms with E-state index >= 15 is 0 Å². The van der Waals surface area contributed by atoms with Gasteiger partial charge in [-0.05, 0) is 44.9 Å². The highest BCUT2D eigenvalue weighted by molar-refractivity contribution is 6.07. The third-order valence-corrected chi connectivity index (χ3v) is 6.90. The third-order valence-electron chi connectivity index (χ3n) is 6.90. The maximum atomic E-state index is 13.2. The molecule has 9 heteroatoms. The van der Waals surface area contributed by atoms with Crippen molar-refractivity contribution in [3.63, 3.8) is 0 Å². The van der Waals surface area contributed by atoms with Crippen LogP contribution in [0.4, 0.5) is 9.59 Å². The van der Waals surface area contributed by atoms with Gasteiger partial charge >= 0.3 is 12.1 Å². The van der Waals surface area contributed by atoms with Crippen molar-refractivity contribution in [2.75, 3.05) is 32.8 Å². The summed E-state index contributed by atoms with van der Waals surface area (Å²) in [5.74, 6) is 0.671. The van der Waals surface area contributed by atoms with Crippen molar-refractivity contribution >= 4 is 23.9 Å². The van der Waals surface area contributed by atoms with Crippen LogP contribution in [0.25, 0.3) is 0 Å². The van der Waals surface area contributed by atoms with Gasteiger partial charge in [0.15, 0.2) is 0 Å². The van der Waals surface area contributed by atoms with Crippen LogP contribution in [-0.4, -0.2) is 83.0 Å². The van der Waals surface area contributed by atoms with Gasteiger partial charge in [0.25, 0.3) is 5.91 Å². The van der Waals surface area contributed by atoms with Crippen molar-refractivity contribution in [2.45, 2.75) is 57.5 Å². The van der Waals surface area contributed by atoms with E-state index in [-0.39, 0.29) is 35.9 Å². The quantitative estimate of drug-likeness (QED) is 0.710. The Balaban J connectivity index is 1.34. The van der Waals surface area contributed by atoms with Gasteiger partial charge in [-0.1, -0.05) is 6.92 Å². The van der Waals surface area contributed by atoms with Gasteiger partial charge in [0.1, 0.15) is 5.54 Å². The van der Waals surface area contributed by atoms with Gasteiger partial charge < -0.3 is 19.9 Å². The van der Waals surface area contributed by atoms with Gasteiger partial charge in [0, 0.05) is 38.1 Å². The maximum Gasteiger partial charge on any atom is 0.409 e. The lowest BCUT2D eigenvalue weighted by molar-refractivity contribution is -0.137. The summed E-state index contributed by atoms with van der Waals surface area (Å²) in [5.41, 5.74) is -0.920. The number of nitrogens with one attached hydrogen (secondary N) is 1. The molecule has 3 heterocycles. The second kappa shape index (κ2) is 7.50. The molecule has 1 N–H and O–H groups in total. The summed E-state index contributed by atoms with van der Waals surface area (Å²) in [6.07, 6.45) is 2.62. The Morgan fingerprint density at radius 1 is 1.10 bits per heavy atom. The van der Waals surface area contributed by atoms with E-state index in [9.17, 15) is 19.2 Å². The zero-order chi connectivity index (χ0) is 20.8. The lowest BCUT2D eigenvalue weighted by Crippen LogP contribution is -2.56. The number of hydrogen-bond acceptors (Lipinski definition) is 5. The molecule has 5 amide bonds. The normalized spacial score (nSPS) is 29.2. The molecule has 4 fully saturated rings. The number of carbonyl (C=O) groups is 4. The van der Waals surface area contributed by atoms with Crippen molar-refractivity contribution in [1.29, 1.82) is 0 Å². The molecule has 0 aromatic heterocycles. The van der Waals surface area contributed by atoms with Gasteiger partial charge in [-0.25, -0.2) is 9.59 Å². The monoisotopic (exact) mass is 406 g/mol. The second-order valence-electron chi connectivity index (χ2n) is 8.75. The highest BCUT2D eigenvalue weighted by Crippen LogP contribution is 2.40. The summed E-state index contributed by atoms with van der Waals surface area (Å²) in [6, 6.07) is -0.522. The Hall–Kier alpha value is -2.32. The summed E-state index contributed by atoms with van der Waals surface area (Å²) >= 11 is 0. The Bertz CT molecular complexity index is 710. The minimum Gasteiger partial charge on any atom is -0.450 e. The first-order valence-corrected chi connectivity index (χ1v) is 10.7. The maximum absolute atomic E-state index is 13.2. The van der Waals surface area contributed by atoms with Gasteiger partial charge in [0.05, 0.1) is 6.61 Å². The molecule has 29 heavy (non-hydrogen) atoms. The fraction of sp³-hybridized carbons (Fsp3) is 0.800. The molecule has 1 aliphatic carbocycles. The molecule has 2 atom stereocenters. The molecule has 3 aliphatic heterocycles. The van der Waals surface area contributed by atoms with Gasteiger partial charge in [-0.3, -0.25) is 14.5 Å². The number of likely N-dealkylation sites (tertiary alicyclic amines) is 2. The molecule has 0 aromatic carbocycles. The van der Waals surface area contributed by atoms with Crippen LogP contribution in [0.5, 0.6) is 0 Å². The summed E-state index contributed by atoms with van der Waals surface area (Å²) in [7, 11) is 0. The Kier molecular flexibility index (Phi) is 5.16. The first-order valence-electron chi connectivity index (χ1n) is 10.7. The van der Waals surface area contributed by atoms with E-state index in [0.717, 1.165) is 6.42 Å². The first-order chi connectivity index (χ1) is 13.9. The number of ether oxygens (including phenoxy) is 1. The van der Waals surface area contributed by atoms with Gasteiger partial charge in [-0.15, -0.1) is 0 Å². The zero-order valence-electron chi connectivity index (χ0n) is 17.2. The highest BCUT2D eigenvalue weighted by atomic mass is 16.6. The number of amides is 5. The predicted molar refractivity (Wildman–Crippen MR) is 103 cm³/mol. The summed E-state index contributed by atoms with van der Waals surface area (Å²) < 4.78 is 5.03. The SMILES string of the molecule is CCOC(=O)N1CCC2(CC1)NC(=O)N(C1CCN(C(=O)C3CC3C)CC1)C2=O. The van der Waals surface area contributed by atoms with Crippen molar-refractivity contribution in [2.24, 2.45) is 11.8 Å². The summed E-state index contributed by atoms with van der Waals surface area (Å²) in [6.45, 7) is 6.10. The Morgan fingerprint density at radius 3 is 2.28 bits per heavy atom. The number of hydrogen-bond donors (Lipinski definition) is 1. The molecule has 4 aliphatic rings. The van der Waals surface area contributed by atoms with Crippen molar-refractivity contribution in [1.82, 2.24) is 20.0 Å². The molecule has 4 rings (SSSR count). The van der Waals surface area contributed by atoms with Crippen LogP contribution < -0.4 is 5.32 Å². The van der Waals surface area contributed by atoms with Crippen LogP contribution in [0.1, 0.15) is 46.0 Å². The van der Waals surface area contributed by atoms with E-state index in [2.05, 4.69) is 12.2 Å². The third kappa shape index (κ3) is 3.55. The molecule has 0 radical (unpaired) electrons. The molecule has 2 unspecified atom stereocenters. The van der Waals surface area contributed by atoms with E-state index in [1.54, 1.807) is 11.8 Å². The van der Waals surface area contributed by atoms with E-state index in [0.29, 0.717) is 64.4 Å². The molecular formula is C20H30N4O5. The standard InChI is InChI=1S/C20H30N4O5/c1-3-29-19(28)23-10-6-20(7-11-23)17(26)24(18(27)21-20)14-4-8-22(9-5-14)16(25)15-12-13(15)2/h13-15H,3-12H2,1-2H3,(H,21,27). The molecular weight excluding hydrogens is 376 g/mol. The topological polar surface area (TPSA) is 99.3 Å². The van der Waals surface area contributed by atoms with E-state index < -0.39 is 5.54 Å². The number of piperidine rings is 2. The second-order valence-corrected chi connectivity index (χ2v) is 8.75. The molecule has 1 saturated carbocycles. The lowest BCUT2D eigenvalue weighted by Gasteiger charge is -2.38. The lowest BCUT2D eigenvalue weighted by atomic mass is 9.87. The van der Waals surface area contributed by atoms with Gasteiger partial charge in [-0.2, -0.15) is 0 Å². The van der Waals surface area contributed by atoms with E-state index in [1.807, 2.05) is 4.90 Å². The number of urea groups is 1. The minimum absolute atomic E-state index is 0.163. The average Bonchev–Trinajstić information content (AvgIpc) is 3.39. The molecule has 9 nitrogen and oxygen atoms in total. The zero-order valence-corrected chi connectivity index (χ0v) is 17.2. The van der Waals surface area contributed by atoms with Crippen LogP contribution >= 0.6 is 0 Å². The fourth-order valence-electron chi connectivity index (χ4n) is 4.84. The largest absolute Gasteiger partial charge is 0.450 e. The van der Waals surface area contributed by atoms with Crippen molar-refractivity contribution in [3.05, 3.63) is 0 Å². The molecule has 1 spiro atoms. The Labute approximate surface area is 170 Å². The van der Waals surface area contributed by atoms with Crippen molar-refractivity contribution in [3.8, 4) is 0 Å². The van der Waals surface area contributed by atoms with Gasteiger partial charge in [0.2, 0.25) is 5.91 Å². The van der Waals surface area contributed by atoms with Crippen LogP contribution in [0, 0.1) is 11.8 Å². The number of rotatable bonds is 3. The van der Waals surface area contributed by atoms with Crippen LogP contribution in [0.3, 0.4) is 0 Å². The molecule has 160 valence electrons. The first kappa shape index (κ1) is 20.0. The van der Waals surface area contributed by atoms with Crippen molar-refractivity contribution < 1.29 is 23.9 Å². The summed E-state index contributed by atoms with van der Waals surface area (Å²) in [5, 5.41) is 2.90. The highest BCUT2D eigenvalue weighted by Gasteiger charge is 2.55. The molecule has 0 bridgehead atoms. The van der Waals surface area contributed by atoms with Crippen LogP contribution in [-0.2, 0) is 14.3 Å². The van der Waals surface area contributed by atoms with E-state index in [1.165, 1.54) is 4.90 Å². The minimum atomic E-state index is -0.920. The predicted octanol–water partition coefficient (Wildman–Crippen LogP) is 1.18. The Morgan fingerprint density at radius 2 is 1.72 bits per heavy atom. The van der Waals surface area contributed by atoms with Crippen LogP contribution in [0.15, 0.2) is 0 Å². The summed E-state index contributed by atoms with van der Waals surface area (Å²) in [4.78, 5) is 55.0. The number of carbonyl (C=O) groups excluding carboxylic acids is 4. The number of nitrogens with zero attached hydrogens (tertiary/aromatic N) is 3. The number of imide groups is 1. The smallest absolute Gasteiger partial charge is 0.409 e. The van der Waals surface area contributed by atoms with Crippen LogP contribution in [0.2, 0.25) is 0 Å². The fourth-order valence-corrected chi connectivity index (χ4v) is 4.84. The molecule has 0 aromatic rings. The van der Waals surface area contributed by atoms with E-state index in [4.69, 9.17) is 4.74 Å². The average molecular weight is 406 g/mol.